The number of carboxylic acids is 1. The van der Waals surface area contributed by atoms with Crippen LogP contribution in [0.15, 0.2) is 60.2 Å². The number of nitrogens with zero attached hydrogens (tertiary/aromatic N) is 2. The number of aromatic hydroxyl groups is 1. The second-order valence-corrected chi connectivity index (χ2v) is 11.9. The second kappa shape index (κ2) is 9.68. The first kappa shape index (κ1) is 26.9. The summed E-state index contributed by atoms with van der Waals surface area (Å²) in [6.45, 7) is 3.65. The van der Waals surface area contributed by atoms with Crippen molar-refractivity contribution in [2.75, 3.05) is 11.4 Å². The number of phenols is 1. The lowest BCUT2D eigenvalue weighted by Gasteiger charge is -2.49. The van der Waals surface area contributed by atoms with Crippen LogP contribution >= 0.6 is 0 Å². The van der Waals surface area contributed by atoms with Crippen LogP contribution in [-0.4, -0.2) is 51.3 Å². The Morgan fingerprint density at radius 1 is 1.00 bits per heavy atom. The summed E-state index contributed by atoms with van der Waals surface area (Å²) in [5, 5.41) is 19.3. The molecule has 3 fully saturated rings. The van der Waals surface area contributed by atoms with Gasteiger partial charge in [-0.3, -0.25) is 28.9 Å². The van der Waals surface area contributed by atoms with Crippen molar-refractivity contribution in [3.63, 3.8) is 0 Å². The molecule has 2 aliphatic carbocycles. The Morgan fingerprint density at radius 3 is 2.41 bits per heavy atom. The number of para-hydroxylation sites is 1. The molecule has 0 radical (unpaired) electrons. The Bertz CT molecular complexity index is 1520. The van der Waals surface area contributed by atoms with E-state index in [1.807, 2.05) is 25.1 Å². The summed E-state index contributed by atoms with van der Waals surface area (Å²) in [4.78, 5) is 69.0. The highest BCUT2D eigenvalue weighted by molar-refractivity contribution is 6.24. The maximum atomic E-state index is 14.3. The van der Waals surface area contributed by atoms with Crippen LogP contribution in [0.1, 0.15) is 49.7 Å². The predicted molar refractivity (Wildman–Crippen MR) is 147 cm³/mol. The van der Waals surface area contributed by atoms with Gasteiger partial charge in [-0.2, -0.15) is 0 Å². The number of carboxylic acid groups (broad SMARTS) is 1. The smallest absolute Gasteiger partial charge is 0.303 e. The van der Waals surface area contributed by atoms with Crippen molar-refractivity contribution >= 4 is 35.3 Å². The maximum Gasteiger partial charge on any atom is 0.303 e. The lowest BCUT2D eigenvalue weighted by Crippen LogP contribution is -2.48. The van der Waals surface area contributed by atoms with Gasteiger partial charge in [0.25, 0.3) is 0 Å². The van der Waals surface area contributed by atoms with E-state index in [9.17, 15) is 29.1 Å². The van der Waals surface area contributed by atoms with E-state index in [1.165, 1.54) is 9.80 Å². The SMILES string of the molecule is Cc1cc([C@H]2C3=CC[C@@H]4C(=O)N(CCCC(=O)O)C(=O)[C@@H]4[C@@H]3C[C@H]3C(=O)N(c4ccccc4)C(=O)[C@@]23C)ccc1O. The Labute approximate surface area is 237 Å². The van der Waals surface area contributed by atoms with E-state index in [0.29, 0.717) is 17.7 Å². The molecule has 0 bridgehead atoms. The molecule has 0 aromatic heterocycles. The molecular weight excluding hydrogens is 524 g/mol. The second-order valence-electron chi connectivity index (χ2n) is 11.9. The van der Waals surface area contributed by atoms with Crippen LogP contribution in [0.3, 0.4) is 0 Å². The van der Waals surface area contributed by atoms with Gasteiger partial charge in [-0.1, -0.05) is 42.0 Å². The van der Waals surface area contributed by atoms with Crippen molar-refractivity contribution in [3.05, 3.63) is 71.3 Å². The standard InChI is InChI=1S/C32H32N2O7/c1-17-15-18(10-13-24(17)35)27-20-11-12-21-26(30(40)33(28(21)38)14-6-9-25(36)37)22(20)16-23-29(39)34(31(41)32(23,27)2)19-7-4-3-5-8-19/h3-5,7-8,10-11,13,15,21-23,26-27,35H,6,9,12,14,16H2,1-2H3,(H,36,37)/t21-,22+,23-,26-,27-,32+/m0/s1. The van der Waals surface area contributed by atoms with Gasteiger partial charge in [0.15, 0.2) is 0 Å². The van der Waals surface area contributed by atoms with Crippen LogP contribution in [0.2, 0.25) is 0 Å². The van der Waals surface area contributed by atoms with E-state index in [2.05, 4.69) is 0 Å². The minimum absolute atomic E-state index is 0.0416. The number of fused-ring (bicyclic) bond motifs is 4. The number of benzene rings is 2. The molecule has 1 saturated carbocycles. The van der Waals surface area contributed by atoms with E-state index >= 15 is 0 Å². The van der Waals surface area contributed by atoms with E-state index < -0.39 is 41.0 Å². The van der Waals surface area contributed by atoms with E-state index in [4.69, 9.17) is 5.11 Å². The predicted octanol–water partition coefficient (Wildman–Crippen LogP) is 3.80. The number of anilines is 1. The quantitative estimate of drug-likeness (QED) is 0.409. The van der Waals surface area contributed by atoms with Crippen molar-refractivity contribution in [1.82, 2.24) is 4.90 Å². The molecule has 4 aliphatic rings. The van der Waals surface area contributed by atoms with Gasteiger partial charge in [-0.25, -0.2) is 4.90 Å². The number of carbonyl (C=O) groups is 5. The molecule has 9 heteroatoms. The zero-order valence-electron chi connectivity index (χ0n) is 22.9. The zero-order chi connectivity index (χ0) is 29.2. The lowest BCUT2D eigenvalue weighted by molar-refractivity contribution is -0.142. The van der Waals surface area contributed by atoms with Crippen molar-refractivity contribution in [2.24, 2.45) is 29.1 Å². The van der Waals surface area contributed by atoms with E-state index in [1.54, 1.807) is 43.3 Å². The van der Waals surface area contributed by atoms with Gasteiger partial charge in [0.2, 0.25) is 23.6 Å². The van der Waals surface area contributed by atoms with Gasteiger partial charge in [0, 0.05) is 18.9 Å². The van der Waals surface area contributed by atoms with Crippen molar-refractivity contribution in [3.8, 4) is 5.75 Å². The molecule has 6 atom stereocenters. The Kier molecular flexibility index (Phi) is 6.36. The maximum absolute atomic E-state index is 14.3. The fourth-order valence-electron chi connectivity index (χ4n) is 7.75. The number of hydrogen-bond acceptors (Lipinski definition) is 6. The van der Waals surface area contributed by atoms with Gasteiger partial charge in [0.05, 0.1) is 28.9 Å². The van der Waals surface area contributed by atoms with Crippen LogP contribution in [0.25, 0.3) is 0 Å². The molecule has 0 unspecified atom stereocenters. The van der Waals surface area contributed by atoms with Crippen LogP contribution < -0.4 is 4.90 Å². The zero-order valence-corrected chi connectivity index (χ0v) is 22.9. The van der Waals surface area contributed by atoms with Crippen LogP contribution in [0.5, 0.6) is 5.75 Å². The van der Waals surface area contributed by atoms with Gasteiger partial charge >= 0.3 is 5.97 Å². The molecule has 2 aromatic carbocycles. The fourth-order valence-corrected chi connectivity index (χ4v) is 7.75. The first-order valence-electron chi connectivity index (χ1n) is 14.1. The number of carbonyl (C=O) groups excluding carboxylic acids is 4. The average molecular weight is 557 g/mol. The summed E-state index contributed by atoms with van der Waals surface area (Å²) in [5.74, 6) is -5.08. The number of amides is 4. The summed E-state index contributed by atoms with van der Waals surface area (Å²) < 4.78 is 0. The summed E-state index contributed by atoms with van der Waals surface area (Å²) in [7, 11) is 0. The largest absolute Gasteiger partial charge is 0.508 e. The fraction of sp³-hybridized carbons (Fsp3) is 0.406. The number of aryl methyl sites for hydroxylation is 1. The molecule has 2 N–H and O–H groups in total. The summed E-state index contributed by atoms with van der Waals surface area (Å²) in [6, 6.07) is 14.0. The van der Waals surface area contributed by atoms with Crippen LogP contribution in [0.4, 0.5) is 5.69 Å². The molecule has 4 amide bonds. The van der Waals surface area contributed by atoms with Crippen molar-refractivity contribution in [1.29, 1.82) is 0 Å². The molecule has 2 aromatic rings. The first-order valence-corrected chi connectivity index (χ1v) is 14.1. The summed E-state index contributed by atoms with van der Waals surface area (Å²) >= 11 is 0. The van der Waals surface area contributed by atoms with Crippen molar-refractivity contribution in [2.45, 2.75) is 45.4 Å². The Morgan fingerprint density at radius 2 is 1.73 bits per heavy atom. The Balaban J connectivity index is 1.45. The monoisotopic (exact) mass is 556 g/mol. The number of allylic oxidation sites excluding steroid dienone is 2. The minimum Gasteiger partial charge on any atom is -0.508 e. The molecule has 212 valence electrons. The normalized spacial score (nSPS) is 30.7. The molecule has 0 spiro atoms. The Hall–Kier alpha value is -4.27. The number of likely N-dealkylation sites (tertiary alicyclic amines) is 1. The summed E-state index contributed by atoms with van der Waals surface area (Å²) in [5.41, 5.74) is 1.63. The highest BCUT2D eigenvalue weighted by atomic mass is 16.4. The molecule has 6 rings (SSSR count). The van der Waals surface area contributed by atoms with Crippen molar-refractivity contribution < 1.29 is 34.2 Å². The number of aliphatic carboxylic acids is 1. The third kappa shape index (κ3) is 3.93. The molecular formula is C32H32N2O7. The first-order chi connectivity index (χ1) is 19.6. The highest BCUT2D eigenvalue weighted by Gasteiger charge is 2.67. The topological polar surface area (TPSA) is 132 Å². The number of rotatable bonds is 6. The van der Waals surface area contributed by atoms with Gasteiger partial charge in [-0.05, 0) is 68.4 Å². The summed E-state index contributed by atoms with van der Waals surface area (Å²) in [6.07, 6.45) is 2.59. The van der Waals surface area contributed by atoms with Gasteiger partial charge in [0.1, 0.15) is 5.75 Å². The van der Waals surface area contributed by atoms with E-state index in [0.717, 1.165) is 11.1 Å². The molecule has 2 aliphatic heterocycles. The van der Waals surface area contributed by atoms with Gasteiger partial charge < -0.3 is 10.2 Å². The third-order valence-corrected chi connectivity index (χ3v) is 9.71. The molecule has 9 nitrogen and oxygen atoms in total. The minimum atomic E-state index is -1.14. The third-order valence-electron chi connectivity index (χ3n) is 9.71. The molecule has 2 heterocycles. The number of hydrogen-bond donors (Lipinski definition) is 2. The van der Waals surface area contributed by atoms with Gasteiger partial charge in [-0.15, -0.1) is 0 Å². The molecule has 2 saturated heterocycles. The van der Waals surface area contributed by atoms with E-state index in [-0.39, 0.29) is 55.2 Å². The molecule has 41 heavy (non-hydrogen) atoms. The van der Waals surface area contributed by atoms with Crippen LogP contribution in [0, 0.1) is 36.0 Å². The highest BCUT2D eigenvalue weighted by Crippen LogP contribution is 2.63. The lowest BCUT2D eigenvalue weighted by atomic mass is 9.51. The average Bonchev–Trinajstić information content (AvgIpc) is 3.30. The number of phenolic OH excluding ortho intramolecular Hbond substituents is 1. The number of imide groups is 2. The van der Waals surface area contributed by atoms with Crippen LogP contribution in [-0.2, 0) is 24.0 Å².